The van der Waals surface area contributed by atoms with Crippen molar-refractivity contribution in [2.45, 2.75) is 45.2 Å². The number of ether oxygens (including phenoxy) is 1. The summed E-state index contributed by atoms with van der Waals surface area (Å²) in [7, 11) is 0. The van der Waals surface area contributed by atoms with Gasteiger partial charge in [0, 0.05) is 17.6 Å². The van der Waals surface area contributed by atoms with Gasteiger partial charge in [-0.1, -0.05) is 6.92 Å². The van der Waals surface area contributed by atoms with Gasteiger partial charge in [0.05, 0.1) is 5.69 Å². The van der Waals surface area contributed by atoms with Crippen molar-refractivity contribution in [2.75, 3.05) is 12.3 Å². The summed E-state index contributed by atoms with van der Waals surface area (Å²) in [5.41, 5.74) is 6.72. The Morgan fingerprint density at radius 1 is 1.41 bits per heavy atom. The van der Waals surface area contributed by atoms with Crippen molar-refractivity contribution in [2.24, 2.45) is 0 Å². The maximum absolute atomic E-state index is 12.0. The summed E-state index contributed by atoms with van der Waals surface area (Å²) in [6, 6.07) is 5.23. The van der Waals surface area contributed by atoms with Crippen LogP contribution in [0.2, 0.25) is 0 Å². The molecule has 0 saturated heterocycles. The summed E-state index contributed by atoms with van der Waals surface area (Å²) in [4.78, 5) is 23.7. The van der Waals surface area contributed by atoms with Crippen molar-refractivity contribution in [1.29, 1.82) is 0 Å². The van der Waals surface area contributed by atoms with Crippen molar-refractivity contribution >= 4 is 17.5 Å². The smallest absolute Gasteiger partial charge is 0.258 e. The minimum Gasteiger partial charge on any atom is -0.482 e. The van der Waals surface area contributed by atoms with E-state index in [1.54, 1.807) is 18.2 Å². The molecule has 0 heterocycles. The molecule has 2 rings (SSSR count). The first-order valence-electron chi connectivity index (χ1n) is 7.62. The zero-order valence-electron chi connectivity index (χ0n) is 13.0. The van der Waals surface area contributed by atoms with Gasteiger partial charge in [-0.15, -0.1) is 0 Å². The van der Waals surface area contributed by atoms with Gasteiger partial charge >= 0.3 is 0 Å². The first kappa shape index (κ1) is 16.1. The first-order valence-corrected chi connectivity index (χ1v) is 7.62. The maximum atomic E-state index is 12.0. The molecule has 22 heavy (non-hydrogen) atoms. The van der Waals surface area contributed by atoms with Crippen LogP contribution in [0.5, 0.6) is 5.75 Å². The SMILES string of the molecule is CCC(C)NC(=O)COc1cc(C(=O)NC2CC2)ccc1N. The monoisotopic (exact) mass is 305 g/mol. The largest absolute Gasteiger partial charge is 0.482 e. The fraction of sp³-hybridized carbons (Fsp3) is 0.500. The molecule has 0 aromatic heterocycles. The molecule has 1 atom stereocenters. The molecule has 0 bridgehead atoms. The van der Waals surface area contributed by atoms with E-state index in [9.17, 15) is 9.59 Å². The van der Waals surface area contributed by atoms with Gasteiger partial charge in [0.15, 0.2) is 6.61 Å². The lowest BCUT2D eigenvalue weighted by Crippen LogP contribution is -2.35. The van der Waals surface area contributed by atoms with Crippen molar-refractivity contribution in [1.82, 2.24) is 10.6 Å². The summed E-state index contributed by atoms with van der Waals surface area (Å²) in [6.45, 7) is 3.79. The maximum Gasteiger partial charge on any atom is 0.258 e. The van der Waals surface area contributed by atoms with E-state index in [1.165, 1.54) is 0 Å². The second-order valence-electron chi connectivity index (χ2n) is 5.67. The molecule has 6 heteroatoms. The fourth-order valence-electron chi connectivity index (χ4n) is 1.86. The van der Waals surface area contributed by atoms with Gasteiger partial charge < -0.3 is 21.1 Å². The predicted molar refractivity (Wildman–Crippen MR) is 84.7 cm³/mol. The Labute approximate surface area is 130 Å². The quantitative estimate of drug-likeness (QED) is 0.665. The van der Waals surface area contributed by atoms with Crippen molar-refractivity contribution < 1.29 is 14.3 Å². The summed E-state index contributed by atoms with van der Waals surface area (Å²) < 4.78 is 5.44. The van der Waals surface area contributed by atoms with Crippen molar-refractivity contribution in [3.05, 3.63) is 23.8 Å². The average molecular weight is 305 g/mol. The van der Waals surface area contributed by atoms with Crippen LogP contribution in [0, 0.1) is 0 Å². The van der Waals surface area contributed by atoms with Gasteiger partial charge in [-0.05, 0) is 44.4 Å². The lowest BCUT2D eigenvalue weighted by atomic mass is 10.1. The molecular formula is C16H23N3O3. The normalized spacial score (nSPS) is 15.0. The van der Waals surface area contributed by atoms with E-state index >= 15 is 0 Å². The minimum atomic E-state index is -0.207. The molecule has 1 aromatic carbocycles. The molecule has 1 fully saturated rings. The van der Waals surface area contributed by atoms with E-state index in [4.69, 9.17) is 10.5 Å². The van der Waals surface area contributed by atoms with Crippen LogP contribution < -0.4 is 21.1 Å². The molecule has 6 nitrogen and oxygen atoms in total. The van der Waals surface area contributed by atoms with Gasteiger partial charge in [-0.25, -0.2) is 0 Å². The lowest BCUT2D eigenvalue weighted by molar-refractivity contribution is -0.123. The second kappa shape index (κ2) is 7.15. The van der Waals surface area contributed by atoms with E-state index in [-0.39, 0.29) is 30.5 Å². The van der Waals surface area contributed by atoms with Gasteiger partial charge in [0.2, 0.25) is 0 Å². The average Bonchev–Trinajstić information content (AvgIpc) is 3.30. The molecule has 0 radical (unpaired) electrons. The number of hydrogen-bond acceptors (Lipinski definition) is 4. The van der Waals surface area contributed by atoms with Gasteiger partial charge in [-0.2, -0.15) is 0 Å². The summed E-state index contributed by atoms with van der Waals surface area (Å²) >= 11 is 0. The Morgan fingerprint density at radius 2 is 2.14 bits per heavy atom. The van der Waals surface area contributed by atoms with Crippen LogP contribution in [0.4, 0.5) is 5.69 Å². The highest BCUT2D eigenvalue weighted by molar-refractivity contribution is 5.95. The molecule has 1 aromatic rings. The summed E-state index contributed by atoms with van der Waals surface area (Å²) in [5.74, 6) is 0.000685. The number of nitrogens with two attached hydrogens (primary N) is 1. The Bertz CT molecular complexity index is 556. The Hall–Kier alpha value is -2.24. The Balaban J connectivity index is 1.94. The molecule has 0 aliphatic heterocycles. The number of anilines is 1. The Morgan fingerprint density at radius 3 is 2.77 bits per heavy atom. The van der Waals surface area contributed by atoms with Crippen LogP contribution in [0.1, 0.15) is 43.5 Å². The van der Waals surface area contributed by atoms with Crippen LogP contribution >= 0.6 is 0 Å². The van der Waals surface area contributed by atoms with Crippen LogP contribution in [0.25, 0.3) is 0 Å². The van der Waals surface area contributed by atoms with Crippen LogP contribution in [0.3, 0.4) is 0 Å². The number of rotatable bonds is 7. The van der Waals surface area contributed by atoms with Crippen LogP contribution in [0.15, 0.2) is 18.2 Å². The highest BCUT2D eigenvalue weighted by atomic mass is 16.5. The second-order valence-corrected chi connectivity index (χ2v) is 5.67. The van der Waals surface area contributed by atoms with Gasteiger partial charge in [-0.3, -0.25) is 9.59 Å². The molecular weight excluding hydrogens is 282 g/mol. The number of carbonyl (C=O) groups excluding carboxylic acids is 2. The molecule has 1 unspecified atom stereocenters. The number of carbonyl (C=O) groups is 2. The highest BCUT2D eigenvalue weighted by Gasteiger charge is 2.24. The molecule has 4 N–H and O–H groups in total. The third-order valence-electron chi connectivity index (χ3n) is 3.57. The van der Waals surface area contributed by atoms with Crippen molar-refractivity contribution in [3.8, 4) is 5.75 Å². The molecule has 1 aliphatic carbocycles. The molecule has 1 aliphatic rings. The lowest BCUT2D eigenvalue weighted by Gasteiger charge is -2.13. The number of hydrogen-bond donors (Lipinski definition) is 3. The fourth-order valence-corrected chi connectivity index (χ4v) is 1.86. The molecule has 120 valence electrons. The first-order chi connectivity index (χ1) is 10.5. The number of amides is 2. The summed E-state index contributed by atoms with van der Waals surface area (Å²) in [6.07, 6.45) is 2.91. The van der Waals surface area contributed by atoms with E-state index in [1.807, 2.05) is 13.8 Å². The zero-order chi connectivity index (χ0) is 16.1. The molecule has 1 saturated carbocycles. The third-order valence-corrected chi connectivity index (χ3v) is 3.57. The number of nitrogen functional groups attached to an aromatic ring is 1. The van der Waals surface area contributed by atoms with E-state index in [0.717, 1.165) is 19.3 Å². The van der Waals surface area contributed by atoms with Crippen LogP contribution in [-0.4, -0.2) is 30.5 Å². The van der Waals surface area contributed by atoms with Gasteiger partial charge in [0.25, 0.3) is 11.8 Å². The summed E-state index contributed by atoms with van der Waals surface area (Å²) in [5, 5.41) is 5.71. The van der Waals surface area contributed by atoms with Gasteiger partial charge in [0.1, 0.15) is 5.75 Å². The molecule has 2 amide bonds. The van der Waals surface area contributed by atoms with E-state index in [0.29, 0.717) is 17.0 Å². The number of nitrogens with one attached hydrogen (secondary N) is 2. The minimum absolute atomic E-state index is 0.101. The third kappa shape index (κ3) is 4.65. The highest BCUT2D eigenvalue weighted by Crippen LogP contribution is 2.24. The predicted octanol–water partition coefficient (Wildman–Crippen LogP) is 1.45. The van der Waals surface area contributed by atoms with Crippen LogP contribution in [-0.2, 0) is 4.79 Å². The van der Waals surface area contributed by atoms with E-state index < -0.39 is 0 Å². The molecule has 0 spiro atoms. The zero-order valence-corrected chi connectivity index (χ0v) is 13.0. The van der Waals surface area contributed by atoms with E-state index in [2.05, 4.69) is 10.6 Å². The number of benzene rings is 1. The van der Waals surface area contributed by atoms with Crippen molar-refractivity contribution in [3.63, 3.8) is 0 Å². The topological polar surface area (TPSA) is 93.4 Å². The standard InChI is InChI=1S/C16H23N3O3/c1-3-10(2)18-15(20)9-22-14-8-11(4-7-13(14)17)16(21)19-12-5-6-12/h4,7-8,10,12H,3,5-6,9,17H2,1-2H3,(H,18,20)(H,19,21). The Kier molecular flexibility index (Phi) is 5.25.